The first-order chi connectivity index (χ1) is 6.21. The van der Waals surface area contributed by atoms with Crippen molar-refractivity contribution in [3.63, 3.8) is 0 Å². The highest BCUT2D eigenvalue weighted by atomic mass is 32.8. The zero-order chi connectivity index (χ0) is 11.2. The molecule has 0 radical (unpaired) electrons. The Kier molecular flexibility index (Phi) is 6.06. The van der Waals surface area contributed by atoms with Crippen molar-refractivity contribution in [2.45, 2.75) is 25.7 Å². The summed E-state index contributed by atoms with van der Waals surface area (Å²) in [6.07, 6.45) is 1.96. The van der Waals surface area contributed by atoms with E-state index >= 15 is 0 Å². The molecule has 14 heavy (non-hydrogen) atoms. The second-order valence-corrected chi connectivity index (χ2v) is 7.62. The van der Waals surface area contributed by atoms with Crippen molar-refractivity contribution in [2.24, 2.45) is 0 Å². The van der Waals surface area contributed by atoms with Gasteiger partial charge < -0.3 is 9.11 Å². The van der Waals surface area contributed by atoms with Gasteiger partial charge in [0, 0.05) is 22.7 Å². The van der Waals surface area contributed by atoms with E-state index in [-0.39, 0.29) is 11.5 Å². The summed E-state index contributed by atoms with van der Waals surface area (Å²) in [6.45, 7) is 0. The molecule has 1 unspecified atom stereocenters. The van der Waals surface area contributed by atoms with Crippen LogP contribution in [0.3, 0.4) is 0 Å². The van der Waals surface area contributed by atoms with E-state index in [9.17, 15) is 17.2 Å². The maximum atomic E-state index is 10.6. The van der Waals surface area contributed by atoms with Crippen LogP contribution < -0.4 is 0 Å². The normalized spacial score (nSPS) is 16.4. The molecule has 0 amide bonds. The minimum Gasteiger partial charge on any atom is -0.748 e. The summed E-state index contributed by atoms with van der Waals surface area (Å²) in [6, 6.07) is 0. The van der Waals surface area contributed by atoms with Crippen molar-refractivity contribution in [3.8, 4) is 0 Å². The third-order valence-electron chi connectivity index (χ3n) is 1.55. The molecular weight excluding hydrogens is 248 g/mol. The lowest BCUT2D eigenvalue weighted by atomic mass is 10.2. The molecule has 0 bridgehead atoms. The Bertz CT molecular complexity index is 306. The maximum Gasteiger partial charge on any atom is 0.141 e. The molecular formula is C6H13O5S3-. The van der Waals surface area contributed by atoms with Crippen LogP contribution >= 0.6 is 0 Å². The second-order valence-electron chi connectivity index (χ2n) is 2.96. The Balaban J connectivity index is 3.41. The highest BCUT2D eigenvalue weighted by Crippen LogP contribution is 2.03. The van der Waals surface area contributed by atoms with E-state index in [1.807, 2.05) is 0 Å². The van der Waals surface area contributed by atoms with Gasteiger partial charge in [0.05, 0.1) is 10.1 Å². The van der Waals surface area contributed by atoms with Crippen LogP contribution in [-0.2, 0) is 30.1 Å². The standard InChI is InChI=1S/C6H14O5S3/c7-13(8,9)5-3-1-2-4-6-14(10,11)12/h1-6H2,(H,7,8,9)(H,10,11,12)/p-1. The van der Waals surface area contributed by atoms with Gasteiger partial charge in [-0.1, -0.05) is 12.8 Å². The van der Waals surface area contributed by atoms with Gasteiger partial charge in [0.1, 0.15) is 8.77 Å². The predicted molar refractivity (Wildman–Crippen MR) is 56.0 cm³/mol. The number of hydrogen-bond acceptors (Lipinski definition) is 5. The maximum absolute atomic E-state index is 10.6. The van der Waals surface area contributed by atoms with Gasteiger partial charge in [-0.2, -0.15) is 0 Å². The smallest absolute Gasteiger partial charge is 0.141 e. The lowest BCUT2D eigenvalue weighted by molar-refractivity contribution is 0.459. The molecule has 1 atom stereocenters. The minimum absolute atomic E-state index is 0.0481. The van der Waals surface area contributed by atoms with Crippen molar-refractivity contribution in [1.82, 2.24) is 0 Å². The van der Waals surface area contributed by atoms with Gasteiger partial charge >= 0.3 is 0 Å². The summed E-state index contributed by atoms with van der Waals surface area (Å²) in [5.74, 6) is -0.318. The monoisotopic (exact) mass is 261 g/mol. The fourth-order valence-corrected chi connectivity index (χ4v) is 2.40. The zero-order valence-corrected chi connectivity index (χ0v) is 10.00. The molecule has 0 aromatic heterocycles. The van der Waals surface area contributed by atoms with Gasteiger partial charge in [0.15, 0.2) is 0 Å². The fourth-order valence-electron chi connectivity index (χ4n) is 0.917. The van der Waals surface area contributed by atoms with E-state index < -0.39 is 18.9 Å². The molecule has 0 aliphatic heterocycles. The Labute approximate surface area is 89.1 Å². The molecule has 0 aromatic carbocycles. The van der Waals surface area contributed by atoms with Crippen LogP contribution in [0.1, 0.15) is 25.7 Å². The largest absolute Gasteiger partial charge is 0.748 e. The van der Waals surface area contributed by atoms with Crippen molar-refractivity contribution >= 4 is 30.1 Å². The summed E-state index contributed by atoms with van der Waals surface area (Å²) in [5.41, 5.74) is 0. The van der Waals surface area contributed by atoms with Gasteiger partial charge in [0.2, 0.25) is 0 Å². The molecule has 0 rings (SSSR count). The van der Waals surface area contributed by atoms with E-state index in [2.05, 4.69) is 11.2 Å². The van der Waals surface area contributed by atoms with Crippen molar-refractivity contribution in [2.75, 3.05) is 11.5 Å². The molecule has 0 aliphatic rings. The molecule has 8 heteroatoms. The zero-order valence-electron chi connectivity index (χ0n) is 7.55. The quantitative estimate of drug-likeness (QED) is 0.523. The summed E-state index contributed by atoms with van der Waals surface area (Å²) in [4.78, 5) is 0. The molecule has 0 spiro atoms. The Hall–Kier alpha value is 0.240. The van der Waals surface area contributed by atoms with Crippen LogP contribution in [0.2, 0.25) is 0 Å². The Morgan fingerprint density at radius 3 is 1.79 bits per heavy atom. The predicted octanol–water partition coefficient (Wildman–Crippen LogP) is 0.311. The molecule has 1 N–H and O–H groups in total. The molecule has 0 heterocycles. The highest BCUT2D eigenvalue weighted by molar-refractivity contribution is 8.29. The average Bonchev–Trinajstić information content (AvgIpc) is 1.92. The number of unbranched alkanes of at least 4 members (excludes halogenated alkanes) is 3. The lowest BCUT2D eigenvalue weighted by Crippen LogP contribution is -2.05. The van der Waals surface area contributed by atoms with Gasteiger partial charge in [-0.25, -0.2) is 12.6 Å². The van der Waals surface area contributed by atoms with Crippen LogP contribution in [0.15, 0.2) is 0 Å². The number of hydrogen-bond donors (Lipinski definition) is 1. The highest BCUT2D eigenvalue weighted by Gasteiger charge is 2.00. The second kappa shape index (κ2) is 5.96. The molecule has 0 saturated carbocycles. The van der Waals surface area contributed by atoms with Crippen molar-refractivity contribution < 1.29 is 21.7 Å². The van der Waals surface area contributed by atoms with E-state index in [4.69, 9.17) is 4.55 Å². The molecule has 0 fully saturated rings. The van der Waals surface area contributed by atoms with Gasteiger partial charge in [0.25, 0.3) is 0 Å². The van der Waals surface area contributed by atoms with Crippen LogP contribution in [0.4, 0.5) is 0 Å². The molecule has 86 valence electrons. The molecule has 0 saturated heterocycles. The SMILES string of the molecule is O=S(=O)([O-])CCCCCCS(=O)(O)=S. The van der Waals surface area contributed by atoms with Gasteiger partial charge in [-0.15, -0.1) is 0 Å². The molecule has 5 nitrogen and oxygen atoms in total. The van der Waals surface area contributed by atoms with E-state index in [1.165, 1.54) is 0 Å². The van der Waals surface area contributed by atoms with Crippen LogP contribution in [0, 0.1) is 0 Å². The summed E-state index contributed by atoms with van der Waals surface area (Å²) < 4.78 is 49.8. The molecule has 0 aromatic rings. The lowest BCUT2D eigenvalue weighted by Gasteiger charge is -2.05. The van der Waals surface area contributed by atoms with Gasteiger partial charge in [-0.05, 0) is 12.8 Å². The van der Waals surface area contributed by atoms with Crippen LogP contribution in [0.5, 0.6) is 0 Å². The topological polar surface area (TPSA) is 94.5 Å². The fraction of sp³-hybridized carbons (Fsp3) is 1.00. The molecule has 0 aliphatic carbocycles. The summed E-state index contributed by atoms with van der Waals surface area (Å²) >= 11 is 4.26. The third-order valence-corrected chi connectivity index (χ3v) is 3.64. The Morgan fingerprint density at radius 2 is 1.43 bits per heavy atom. The first-order valence-electron chi connectivity index (χ1n) is 4.09. The minimum atomic E-state index is -4.12. The first kappa shape index (κ1) is 14.2. The Morgan fingerprint density at radius 1 is 1.00 bits per heavy atom. The van der Waals surface area contributed by atoms with Crippen molar-refractivity contribution in [3.05, 3.63) is 0 Å². The van der Waals surface area contributed by atoms with E-state index in [0.717, 1.165) is 0 Å². The average molecular weight is 261 g/mol. The summed E-state index contributed by atoms with van der Waals surface area (Å²) in [7, 11) is -7.20. The first-order valence-corrected chi connectivity index (χ1v) is 8.28. The summed E-state index contributed by atoms with van der Waals surface area (Å²) in [5, 5.41) is 0. The third kappa shape index (κ3) is 12.2. The van der Waals surface area contributed by atoms with Crippen LogP contribution in [-0.4, -0.2) is 33.2 Å². The number of rotatable bonds is 7. The van der Waals surface area contributed by atoms with Crippen molar-refractivity contribution in [1.29, 1.82) is 0 Å². The van der Waals surface area contributed by atoms with Gasteiger partial charge in [-0.3, -0.25) is 0 Å². The van der Waals surface area contributed by atoms with E-state index in [1.54, 1.807) is 0 Å². The van der Waals surface area contributed by atoms with Crippen LogP contribution in [0.25, 0.3) is 0 Å². The van der Waals surface area contributed by atoms with E-state index in [0.29, 0.717) is 25.7 Å².